The number of carbonyl (C=O) groups excluding carboxylic acids is 1. The number of carbonyl (C=O) groups is 1. The van der Waals surface area contributed by atoms with Gasteiger partial charge in [-0.05, 0) is 50.1 Å². The first kappa shape index (κ1) is 22.1. The molecule has 0 aliphatic carbocycles. The molecule has 0 radical (unpaired) electrons. The molecule has 164 valence electrons. The first-order valence-electron chi connectivity index (χ1n) is 9.71. The van der Waals surface area contributed by atoms with Crippen LogP contribution in [-0.2, 0) is 16.4 Å². The number of aryl methyl sites for hydroxylation is 2. The van der Waals surface area contributed by atoms with Gasteiger partial charge in [0.2, 0.25) is 0 Å². The van der Waals surface area contributed by atoms with Crippen LogP contribution in [-0.4, -0.2) is 36.8 Å². The second kappa shape index (κ2) is 8.11. The molecule has 1 aromatic heterocycles. The van der Waals surface area contributed by atoms with Gasteiger partial charge in [-0.3, -0.25) is 4.79 Å². The van der Waals surface area contributed by atoms with Crippen molar-refractivity contribution in [3.05, 3.63) is 68.6 Å². The molecular weight excluding hydrogens is 464 g/mol. The van der Waals surface area contributed by atoms with E-state index < -0.39 is 27.6 Å². The maximum atomic E-state index is 14.5. The fourth-order valence-corrected chi connectivity index (χ4v) is 6.03. The molecule has 5 nitrogen and oxygen atoms in total. The second-order valence-corrected chi connectivity index (χ2v) is 10.9. The third kappa shape index (κ3) is 4.19. The maximum Gasteiger partial charge on any atom is 0.290 e. The molecule has 9 heteroatoms. The SMILES string of the molecule is Cc1cc2oc(C(=O)N(Cc3c(F)cccc3Cl)C3CCS(=O)(=O)C3)c(C)c2cc1Cl. The van der Waals surface area contributed by atoms with Crippen molar-refractivity contribution < 1.29 is 22.0 Å². The quantitative estimate of drug-likeness (QED) is 0.503. The van der Waals surface area contributed by atoms with Crippen molar-refractivity contribution in [3.8, 4) is 0 Å². The minimum atomic E-state index is -3.28. The summed E-state index contributed by atoms with van der Waals surface area (Å²) >= 11 is 12.4. The minimum Gasteiger partial charge on any atom is -0.451 e. The standard InChI is InChI=1S/C22H20Cl2FNO4S/c1-12-8-20-15(9-18(12)24)13(2)21(30-20)22(27)26(14-6-7-31(28,29)11-14)10-16-17(23)4-3-5-19(16)25/h3-5,8-9,14H,6-7,10-11H2,1-2H3. The lowest BCUT2D eigenvalue weighted by molar-refractivity contribution is 0.0647. The predicted molar refractivity (Wildman–Crippen MR) is 119 cm³/mol. The molecule has 4 rings (SSSR count). The molecule has 31 heavy (non-hydrogen) atoms. The molecular formula is C22H20Cl2FNO4S. The van der Waals surface area contributed by atoms with Crippen LogP contribution in [0.2, 0.25) is 10.0 Å². The minimum absolute atomic E-state index is 0.0274. The van der Waals surface area contributed by atoms with E-state index in [-0.39, 0.29) is 40.8 Å². The summed E-state index contributed by atoms with van der Waals surface area (Å²) in [5, 5.41) is 1.41. The summed E-state index contributed by atoms with van der Waals surface area (Å²) in [6.07, 6.45) is 0.268. The van der Waals surface area contributed by atoms with Crippen LogP contribution >= 0.6 is 23.2 Å². The number of hydrogen-bond acceptors (Lipinski definition) is 4. The van der Waals surface area contributed by atoms with Crippen molar-refractivity contribution in [1.82, 2.24) is 4.90 Å². The first-order chi connectivity index (χ1) is 14.6. The van der Waals surface area contributed by atoms with Crippen LogP contribution in [0, 0.1) is 19.7 Å². The molecule has 1 aliphatic rings. The Morgan fingerprint density at radius 2 is 1.97 bits per heavy atom. The number of fused-ring (bicyclic) bond motifs is 1. The van der Waals surface area contributed by atoms with E-state index in [2.05, 4.69) is 0 Å². The van der Waals surface area contributed by atoms with E-state index in [1.54, 1.807) is 19.1 Å². The highest BCUT2D eigenvalue weighted by Crippen LogP contribution is 2.33. The van der Waals surface area contributed by atoms with E-state index in [1.165, 1.54) is 23.1 Å². The zero-order valence-electron chi connectivity index (χ0n) is 16.9. The van der Waals surface area contributed by atoms with Crippen LogP contribution in [0.1, 0.15) is 33.7 Å². The van der Waals surface area contributed by atoms with E-state index in [9.17, 15) is 17.6 Å². The highest BCUT2D eigenvalue weighted by molar-refractivity contribution is 7.91. The van der Waals surface area contributed by atoms with Crippen molar-refractivity contribution >= 4 is 49.9 Å². The summed E-state index contributed by atoms with van der Waals surface area (Å²) < 4.78 is 44.5. The smallest absolute Gasteiger partial charge is 0.290 e. The highest BCUT2D eigenvalue weighted by Gasteiger charge is 2.37. The highest BCUT2D eigenvalue weighted by atomic mass is 35.5. The van der Waals surface area contributed by atoms with E-state index in [4.69, 9.17) is 27.6 Å². The average Bonchev–Trinajstić information content (AvgIpc) is 3.21. The summed E-state index contributed by atoms with van der Waals surface area (Å²) in [6.45, 7) is 3.40. The van der Waals surface area contributed by atoms with Crippen LogP contribution in [0.15, 0.2) is 34.7 Å². The number of rotatable bonds is 4. The molecule has 1 saturated heterocycles. The fourth-order valence-electron chi connectivity index (χ4n) is 3.92. The molecule has 1 atom stereocenters. The van der Waals surface area contributed by atoms with Crippen molar-refractivity contribution in [1.29, 1.82) is 0 Å². The van der Waals surface area contributed by atoms with Crippen molar-refractivity contribution in [3.63, 3.8) is 0 Å². The Morgan fingerprint density at radius 1 is 1.23 bits per heavy atom. The second-order valence-electron chi connectivity index (χ2n) is 7.84. The molecule has 1 aliphatic heterocycles. The number of nitrogens with zero attached hydrogens (tertiary/aromatic N) is 1. The molecule has 1 unspecified atom stereocenters. The number of furan rings is 1. The number of halogens is 3. The summed E-state index contributed by atoms with van der Waals surface area (Å²) in [5.74, 6) is -1.21. The van der Waals surface area contributed by atoms with Gasteiger partial charge in [0, 0.05) is 32.6 Å². The monoisotopic (exact) mass is 483 g/mol. The molecule has 0 spiro atoms. The van der Waals surface area contributed by atoms with E-state index in [1.807, 2.05) is 6.92 Å². The van der Waals surface area contributed by atoms with Crippen molar-refractivity contribution in [2.45, 2.75) is 32.9 Å². The zero-order valence-corrected chi connectivity index (χ0v) is 19.2. The number of amides is 1. The van der Waals surface area contributed by atoms with Crippen LogP contribution in [0.5, 0.6) is 0 Å². The first-order valence-corrected chi connectivity index (χ1v) is 12.3. The number of hydrogen-bond donors (Lipinski definition) is 0. The Hall–Kier alpha value is -2.09. The van der Waals surface area contributed by atoms with Crippen LogP contribution in [0.4, 0.5) is 4.39 Å². The Bertz CT molecular complexity index is 1280. The van der Waals surface area contributed by atoms with Crippen LogP contribution < -0.4 is 0 Å². The molecule has 1 fully saturated rings. The van der Waals surface area contributed by atoms with Gasteiger partial charge in [0.05, 0.1) is 18.1 Å². The van der Waals surface area contributed by atoms with Crippen molar-refractivity contribution in [2.24, 2.45) is 0 Å². The zero-order chi connectivity index (χ0) is 22.5. The van der Waals surface area contributed by atoms with Gasteiger partial charge in [-0.1, -0.05) is 29.3 Å². The Labute approximate surface area is 189 Å². The normalized spacial score (nSPS) is 17.9. The maximum absolute atomic E-state index is 14.5. The molecule has 0 bridgehead atoms. The Kier molecular flexibility index (Phi) is 5.79. The third-order valence-electron chi connectivity index (χ3n) is 5.71. The van der Waals surface area contributed by atoms with Crippen molar-refractivity contribution in [2.75, 3.05) is 11.5 Å². The Morgan fingerprint density at radius 3 is 2.61 bits per heavy atom. The van der Waals surface area contributed by atoms with E-state index >= 15 is 0 Å². The lowest BCUT2D eigenvalue weighted by Gasteiger charge is -2.28. The van der Waals surface area contributed by atoms with Gasteiger partial charge < -0.3 is 9.32 Å². The number of sulfone groups is 1. The van der Waals surface area contributed by atoms with Gasteiger partial charge in [-0.15, -0.1) is 0 Å². The lowest BCUT2D eigenvalue weighted by Crippen LogP contribution is -2.41. The van der Waals surface area contributed by atoms with E-state index in [0.717, 1.165) is 5.56 Å². The van der Waals surface area contributed by atoms with Gasteiger partial charge in [0.25, 0.3) is 5.91 Å². The molecule has 0 saturated carbocycles. The topological polar surface area (TPSA) is 67.6 Å². The molecule has 2 aromatic carbocycles. The van der Waals surface area contributed by atoms with Gasteiger partial charge in [0.15, 0.2) is 15.6 Å². The molecule has 3 aromatic rings. The predicted octanol–water partition coefficient (Wildman–Crippen LogP) is 5.33. The van der Waals surface area contributed by atoms with Gasteiger partial charge in [0.1, 0.15) is 11.4 Å². The van der Waals surface area contributed by atoms with Gasteiger partial charge >= 0.3 is 0 Å². The van der Waals surface area contributed by atoms with Crippen LogP contribution in [0.25, 0.3) is 11.0 Å². The van der Waals surface area contributed by atoms with Crippen LogP contribution in [0.3, 0.4) is 0 Å². The fraction of sp³-hybridized carbons (Fsp3) is 0.318. The molecule has 0 N–H and O–H groups in total. The summed E-state index contributed by atoms with van der Waals surface area (Å²) in [6, 6.07) is 7.14. The summed E-state index contributed by atoms with van der Waals surface area (Å²) in [7, 11) is -3.28. The largest absolute Gasteiger partial charge is 0.451 e. The average molecular weight is 484 g/mol. The van der Waals surface area contributed by atoms with Gasteiger partial charge in [-0.2, -0.15) is 0 Å². The molecule has 1 amide bonds. The Balaban J connectivity index is 1.79. The summed E-state index contributed by atoms with van der Waals surface area (Å²) in [5.41, 5.74) is 2.03. The van der Waals surface area contributed by atoms with E-state index in [0.29, 0.717) is 21.6 Å². The lowest BCUT2D eigenvalue weighted by atomic mass is 10.1. The number of benzene rings is 2. The molecule has 2 heterocycles. The summed E-state index contributed by atoms with van der Waals surface area (Å²) in [4.78, 5) is 14.9. The third-order valence-corrected chi connectivity index (χ3v) is 8.22. The van der Waals surface area contributed by atoms with Gasteiger partial charge in [-0.25, -0.2) is 12.8 Å².